The van der Waals surface area contributed by atoms with Gasteiger partial charge in [-0.3, -0.25) is 4.79 Å². The molecule has 0 bridgehead atoms. The van der Waals surface area contributed by atoms with Gasteiger partial charge in [-0.05, 0) is 33.6 Å². The lowest BCUT2D eigenvalue weighted by molar-refractivity contribution is -0.143. The van der Waals surface area contributed by atoms with Crippen molar-refractivity contribution in [1.29, 1.82) is 0 Å². The average molecular weight is 315 g/mol. The fourth-order valence-corrected chi connectivity index (χ4v) is 1.87. The van der Waals surface area contributed by atoms with Crippen LogP contribution in [-0.2, 0) is 19.1 Å². The molecule has 0 aliphatic heterocycles. The first-order valence-electron chi connectivity index (χ1n) is 7.78. The Balaban J connectivity index is 4.22. The number of hydrogen-bond acceptors (Lipinski definition) is 5. The molecule has 1 N–H and O–H groups in total. The summed E-state index contributed by atoms with van der Waals surface area (Å²) in [5.74, 6) is -0.244. The fraction of sp³-hybridized carbons (Fsp3) is 0.812. The SMILES string of the molecule is CCC(=O)CCCCCC(NC(=O)OC(C)(C)C)C(=O)OC. The van der Waals surface area contributed by atoms with Gasteiger partial charge in [0.1, 0.15) is 17.4 Å². The average Bonchev–Trinajstić information content (AvgIpc) is 2.42. The van der Waals surface area contributed by atoms with E-state index in [9.17, 15) is 14.4 Å². The number of rotatable bonds is 9. The van der Waals surface area contributed by atoms with Crippen molar-refractivity contribution >= 4 is 17.8 Å². The highest BCUT2D eigenvalue weighted by Crippen LogP contribution is 2.10. The van der Waals surface area contributed by atoms with Crippen molar-refractivity contribution in [1.82, 2.24) is 5.32 Å². The third-order valence-electron chi connectivity index (χ3n) is 3.02. The Morgan fingerprint density at radius 2 is 1.73 bits per heavy atom. The van der Waals surface area contributed by atoms with E-state index >= 15 is 0 Å². The van der Waals surface area contributed by atoms with Crippen molar-refractivity contribution in [3.05, 3.63) is 0 Å². The maximum atomic E-state index is 11.7. The topological polar surface area (TPSA) is 81.7 Å². The highest BCUT2D eigenvalue weighted by Gasteiger charge is 2.24. The zero-order chi connectivity index (χ0) is 17.2. The van der Waals surface area contributed by atoms with Gasteiger partial charge < -0.3 is 14.8 Å². The van der Waals surface area contributed by atoms with Crippen LogP contribution in [0, 0.1) is 0 Å². The number of Topliss-reactive ketones (excluding diaryl/α,β-unsaturated/α-hetero) is 1. The largest absolute Gasteiger partial charge is 0.467 e. The number of carbonyl (C=O) groups is 3. The third kappa shape index (κ3) is 10.2. The number of methoxy groups -OCH3 is 1. The van der Waals surface area contributed by atoms with Crippen LogP contribution in [-0.4, -0.2) is 36.6 Å². The number of esters is 1. The van der Waals surface area contributed by atoms with E-state index in [1.165, 1.54) is 7.11 Å². The molecule has 1 atom stereocenters. The predicted octanol–water partition coefficient (Wildman–Crippen LogP) is 2.98. The molecule has 0 aromatic rings. The van der Waals surface area contributed by atoms with E-state index in [1.54, 1.807) is 20.8 Å². The molecule has 0 fully saturated rings. The maximum absolute atomic E-state index is 11.7. The Morgan fingerprint density at radius 3 is 2.23 bits per heavy atom. The van der Waals surface area contributed by atoms with Crippen LogP contribution in [0.25, 0.3) is 0 Å². The number of carbonyl (C=O) groups excluding carboxylic acids is 3. The molecule has 0 saturated heterocycles. The molecular weight excluding hydrogens is 286 g/mol. The van der Waals surface area contributed by atoms with Gasteiger partial charge in [0.25, 0.3) is 0 Å². The summed E-state index contributed by atoms with van der Waals surface area (Å²) in [6.45, 7) is 7.11. The summed E-state index contributed by atoms with van der Waals surface area (Å²) in [6, 6.07) is -0.721. The molecular formula is C16H29NO5. The number of nitrogens with one attached hydrogen (secondary N) is 1. The third-order valence-corrected chi connectivity index (χ3v) is 3.02. The second-order valence-corrected chi connectivity index (χ2v) is 6.21. The van der Waals surface area contributed by atoms with Crippen LogP contribution < -0.4 is 5.32 Å². The lowest BCUT2D eigenvalue weighted by Gasteiger charge is -2.22. The Kier molecular flexibility index (Phi) is 9.45. The molecule has 0 aliphatic carbocycles. The van der Waals surface area contributed by atoms with Gasteiger partial charge in [0.05, 0.1) is 7.11 Å². The highest BCUT2D eigenvalue weighted by molar-refractivity contribution is 5.81. The van der Waals surface area contributed by atoms with Crippen molar-refractivity contribution in [3.63, 3.8) is 0 Å². The summed E-state index contributed by atoms with van der Waals surface area (Å²) in [6.07, 6.45) is 3.31. The Morgan fingerprint density at radius 1 is 1.09 bits per heavy atom. The predicted molar refractivity (Wildman–Crippen MR) is 83.6 cm³/mol. The van der Waals surface area contributed by atoms with E-state index < -0.39 is 23.7 Å². The minimum Gasteiger partial charge on any atom is -0.467 e. The second kappa shape index (κ2) is 10.2. The van der Waals surface area contributed by atoms with E-state index in [4.69, 9.17) is 9.47 Å². The van der Waals surface area contributed by atoms with Crippen molar-refractivity contribution in [2.24, 2.45) is 0 Å². The monoisotopic (exact) mass is 315 g/mol. The number of alkyl carbamates (subject to hydrolysis) is 1. The molecule has 0 heterocycles. The zero-order valence-corrected chi connectivity index (χ0v) is 14.4. The Bertz CT molecular complexity index is 373. The Labute approximate surface area is 132 Å². The molecule has 0 rings (SSSR count). The minimum atomic E-state index is -0.721. The van der Waals surface area contributed by atoms with Crippen LogP contribution in [0.4, 0.5) is 4.79 Å². The molecule has 6 heteroatoms. The summed E-state index contributed by atoms with van der Waals surface area (Å²) in [5, 5.41) is 2.53. The van der Waals surface area contributed by atoms with Crippen LogP contribution in [0.5, 0.6) is 0 Å². The molecule has 6 nitrogen and oxygen atoms in total. The highest BCUT2D eigenvalue weighted by atomic mass is 16.6. The van der Waals surface area contributed by atoms with Crippen molar-refractivity contribution in [2.75, 3.05) is 7.11 Å². The van der Waals surface area contributed by atoms with Gasteiger partial charge in [-0.25, -0.2) is 9.59 Å². The van der Waals surface area contributed by atoms with E-state index in [0.717, 1.165) is 19.3 Å². The number of unbranched alkanes of at least 4 members (excludes halogenated alkanes) is 2. The Hall–Kier alpha value is -1.59. The molecule has 0 aromatic carbocycles. The number of hydrogen-bond donors (Lipinski definition) is 1. The first-order valence-corrected chi connectivity index (χ1v) is 7.78. The van der Waals surface area contributed by atoms with Gasteiger partial charge in [0.2, 0.25) is 0 Å². The summed E-state index contributed by atoms with van der Waals surface area (Å²) in [4.78, 5) is 34.6. The van der Waals surface area contributed by atoms with Crippen LogP contribution in [0.3, 0.4) is 0 Å². The first kappa shape index (κ1) is 20.4. The second-order valence-electron chi connectivity index (χ2n) is 6.21. The molecule has 22 heavy (non-hydrogen) atoms. The standard InChI is InChI=1S/C16H29NO5/c1-6-12(18)10-8-7-9-11-13(14(19)21-5)17-15(20)22-16(2,3)4/h13H,6-11H2,1-5H3,(H,17,20). The molecule has 1 amide bonds. The summed E-state index contributed by atoms with van der Waals surface area (Å²) in [5.41, 5.74) is -0.620. The molecule has 0 aliphatic rings. The summed E-state index contributed by atoms with van der Waals surface area (Å²) >= 11 is 0. The number of amides is 1. The van der Waals surface area contributed by atoms with Crippen molar-refractivity contribution in [2.45, 2.75) is 77.9 Å². The molecule has 128 valence electrons. The van der Waals surface area contributed by atoms with Gasteiger partial charge in [-0.1, -0.05) is 19.8 Å². The van der Waals surface area contributed by atoms with Crippen molar-refractivity contribution in [3.8, 4) is 0 Å². The molecule has 0 radical (unpaired) electrons. The smallest absolute Gasteiger partial charge is 0.408 e. The normalized spacial score (nSPS) is 12.4. The van der Waals surface area contributed by atoms with Gasteiger partial charge in [0, 0.05) is 12.8 Å². The quantitative estimate of drug-likeness (QED) is 0.522. The van der Waals surface area contributed by atoms with Crippen LogP contribution >= 0.6 is 0 Å². The molecule has 1 unspecified atom stereocenters. The summed E-state index contributed by atoms with van der Waals surface area (Å²) < 4.78 is 9.83. The minimum absolute atomic E-state index is 0.247. The lowest BCUT2D eigenvalue weighted by Crippen LogP contribution is -2.44. The van der Waals surface area contributed by atoms with Gasteiger partial charge in [-0.15, -0.1) is 0 Å². The van der Waals surface area contributed by atoms with E-state index in [2.05, 4.69) is 5.32 Å². The molecule has 0 saturated carbocycles. The van der Waals surface area contributed by atoms with E-state index in [-0.39, 0.29) is 5.78 Å². The van der Waals surface area contributed by atoms with E-state index in [1.807, 2.05) is 6.92 Å². The molecule has 0 aromatic heterocycles. The van der Waals surface area contributed by atoms with Gasteiger partial charge >= 0.3 is 12.1 Å². The van der Waals surface area contributed by atoms with Crippen molar-refractivity contribution < 1.29 is 23.9 Å². The lowest BCUT2D eigenvalue weighted by atomic mass is 10.1. The van der Waals surface area contributed by atoms with Crippen LogP contribution in [0.2, 0.25) is 0 Å². The van der Waals surface area contributed by atoms with Crippen LogP contribution in [0.15, 0.2) is 0 Å². The van der Waals surface area contributed by atoms with E-state index in [0.29, 0.717) is 19.3 Å². The summed E-state index contributed by atoms with van der Waals surface area (Å²) in [7, 11) is 1.28. The first-order chi connectivity index (χ1) is 10.2. The fourth-order valence-electron chi connectivity index (χ4n) is 1.87. The number of ketones is 1. The zero-order valence-electron chi connectivity index (χ0n) is 14.4. The number of ether oxygens (including phenoxy) is 2. The maximum Gasteiger partial charge on any atom is 0.408 e. The van der Waals surface area contributed by atoms with Gasteiger partial charge in [0.15, 0.2) is 0 Å². The van der Waals surface area contributed by atoms with Crippen LogP contribution in [0.1, 0.15) is 66.2 Å². The van der Waals surface area contributed by atoms with Gasteiger partial charge in [-0.2, -0.15) is 0 Å². The molecule has 0 spiro atoms.